The van der Waals surface area contributed by atoms with E-state index in [1.54, 1.807) is 35.1 Å². The maximum Gasteiger partial charge on any atom is 0.259 e. The molecule has 1 aromatic heterocycles. The van der Waals surface area contributed by atoms with E-state index >= 15 is 0 Å². The second-order valence-corrected chi connectivity index (χ2v) is 9.33. The monoisotopic (exact) mass is 386 g/mol. The van der Waals surface area contributed by atoms with Crippen molar-refractivity contribution in [2.24, 2.45) is 0 Å². The SMILES string of the molecule is CC(C)c1nn(C2CCS(=O)(=O)C2)cc1C(=O)Nc1ccc(CC#N)cc1. The van der Waals surface area contributed by atoms with Crippen molar-refractivity contribution < 1.29 is 13.2 Å². The number of hydrogen-bond donors (Lipinski definition) is 1. The third-order valence-electron chi connectivity index (χ3n) is 4.63. The Morgan fingerprint density at radius 1 is 1.37 bits per heavy atom. The summed E-state index contributed by atoms with van der Waals surface area (Å²) in [5.41, 5.74) is 2.62. The Morgan fingerprint density at radius 2 is 2.07 bits per heavy atom. The van der Waals surface area contributed by atoms with E-state index in [4.69, 9.17) is 5.26 Å². The number of nitrogens with zero attached hydrogens (tertiary/aromatic N) is 3. The molecule has 0 bridgehead atoms. The van der Waals surface area contributed by atoms with Crippen LogP contribution in [-0.2, 0) is 16.3 Å². The summed E-state index contributed by atoms with van der Waals surface area (Å²) < 4.78 is 25.1. The lowest BCUT2D eigenvalue weighted by Crippen LogP contribution is -2.14. The van der Waals surface area contributed by atoms with Crippen molar-refractivity contribution in [1.29, 1.82) is 5.26 Å². The van der Waals surface area contributed by atoms with Gasteiger partial charge in [0.05, 0.1) is 41.3 Å². The van der Waals surface area contributed by atoms with Crippen molar-refractivity contribution in [2.75, 3.05) is 16.8 Å². The maximum atomic E-state index is 12.8. The normalized spacial score (nSPS) is 18.4. The Bertz CT molecular complexity index is 985. The average Bonchev–Trinajstić information content (AvgIpc) is 3.20. The molecule has 1 aliphatic heterocycles. The second-order valence-electron chi connectivity index (χ2n) is 7.11. The second kappa shape index (κ2) is 7.53. The van der Waals surface area contributed by atoms with E-state index in [1.165, 1.54) is 0 Å². The molecule has 0 aliphatic carbocycles. The van der Waals surface area contributed by atoms with Gasteiger partial charge in [-0.1, -0.05) is 26.0 Å². The number of nitriles is 1. The Hall–Kier alpha value is -2.66. The third-order valence-corrected chi connectivity index (χ3v) is 6.38. The molecular formula is C19H22N4O3S. The largest absolute Gasteiger partial charge is 0.322 e. The van der Waals surface area contributed by atoms with Gasteiger partial charge in [0, 0.05) is 11.9 Å². The van der Waals surface area contributed by atoms with E-state index in [-0.39, 0.29) is 29.4 Å². The Labute approximate surface area is 158 Å². The van der Waals surface area contributed by atoms with E-state index in [0.29, 0.717) is 29.8 Å². The summed E-state index contributed by atoms with van der Waals surface area (Å²) in [6, 6.07) is 8.98. The fraction of sp³-hybridized carbons (Fsp3) is 0.421. The molecular weight excluding hydrogens is 364 g/mol. The summed E-state index contributed by atoms with van der Waals surface area (Å²) in [5.74, 6) is -0.0273. The lowest BCUT2D eigenvalue weighted by atomic mass is 10.1. The summed E-state index contributed by atoms with van der Waals surface area (Å²) >= 11 is 0. The number of anilines is 1. The van der Waals surface area contributed by atoms with Crippen LogP contribution in [0.1, 0.15) is 53.8 Å². The van der Waals surface area contributed by atoms with Crippen LogP contribution in [0, 0.1) is 11.3 Å². The van der Waals surface area contributed by atoms with Crippen LogP contribution in [0.15, 0.2) is 30.5 Å². The summed E-state index contributed by atoms with van der Waals surface area (Å²) in [6.45, 7) is 3.90. The number of sulfone groups is 1. The van der Waals surface area contributed by atoms with Crippen molar-refractivity contribution >= 4 is 21.4 Å². The fourth-order valence-electron chi connectivity index (χ4n) is 3.17. The molecule has 2 aromatic rings. The molecule has 1 aromatic carbocycles. The van der Waals surface area contributed by atoms with Crippen LogP contribution in [0.3, 0.4) is 0 Å². The Kier molecular flexibility index (Phi) is 5.33. The molecule has 7 nitrogen and oxygen atoms in total. The molecule has 27 heavy (non-hydrogen) atoms. The van der Waals surface area contributed by atoms with E-state index in [0.717, 1.165) is 5.56 Å². The molecule has 0 spiro atoms. The van der Waals surface area contributed by atoms with Gasteiger partial charge in [0.25, 0.3) is 5.91 Å². The van der Waals surface area contributed by atoms with Crippen LogP contribution >= 0.6 is 0 Å². The van der Waals surface area contributed by atoms with Gasteiger partial charge in [-0.15, -0.1) is 0 Å². The van der Waals surface area contributed by atoms with Crippen LogP contribution in [-0.4, -0.2) is 35.6 Å². The predicted octanol–water partition coefficient (Wildman–Crippen LogP) is 2.68. The zero-order valence-corrected chi connectivity index (χ0v) is 16.2. The quantitative estimate of drug-likeness (QED) is 0.850. The average molecular weight is 386 g/mol. The lowest BCUT2D eigenvalue weighted by molar-refractivity contribution is 0.102. The van der Waals surface area contributed by atoms with Gasteiger partial charge in [-0.3, -0.25) is 9.48 Å². The highest BCUT2D eigenvalue weighted by molar-refractivity contribution is 7.91. The number of benzene rings is 1. The number of amides is 1. The zero-order chi connectivity index (χ0) is 19.6. The minimum Gasteiger partial charge on any atom is -0.322 e. The van der Waals surface area contributed by atoms with Gasteiger partial charge in [0.15, 0.2) is 9.84 Å². The first-order chi connectivity index (χ1) is 12.8. The fourth-order valence-corrected chi connectivity index (χ4v) is 4.88. The molecule has 1 unspecified atom stereocenters. The number of aromatic nitrogens is 2. The van der Waals surface area contributed by atoms with Crippen molar-refractivity contribution in [3.8, 4) is 6.07 Å². The van der Waals surface area contributed by atoms with Gasteiger partial charge in [0.2, 0.25) is 0 Å². The number of hydrogen-bond acceptors (Lipinski definition) is 5. The smallest absolute Gasteiger partial charge is 0.259 e. The molecule has 0 saturated carbocycles. The molecule has 142 valence electrons. The van der Waals surface area contributed by atoms with E-state index in [9.17, 15) is 13.2 Å². The highest BCUT2D eigenvalue weighted by atomic mass is 32.2. The number of carbonyl (C=O) groups is 1. The molecule has 1 atom stereocenters. The molecule has 2 heterocycles. The van der Waals surface area contributed by atoms with Crippen LogP contribution in [0.2, 0.25) is 0 Å². The van der Waals surface area contributed by atoms with Crippen LogP contribution in [0.25, 0.3) is 0 Å². The van der Waals surface area contributed by atoms with E-state index in [2.05, 4.69) is 16.5 Å². The molecule has 1 saturated heterocycles. The first-order valence-electron chi connectivity index (χ1n) is 8.86. The topological polar surface area (TPSA) is 105 Å². The minimum atomic E-state index is -3.03. The molecule has 8 heteroatoms. The third kappa shape index (κ3) is 4.37. The summed E-state index contributed by atoms with van der Waals surface area (Å²) in [7, 11) is -3.03. The summed E-state index contributed by atoms with van der Waals surface area (Å²) in [6.07, 6.45) is 2.49. The van der Waals surface area contributed by atoms with Crippen molar-refractivity contribution in [2.45, 2.75) is 38.6 Å². The van der Waals surface area contributed by atoms with E-state index in [1.807, 2.05) is 13.8 Å². The van der Waals surface area contributed by atoms with Crippen molar-refractivity contribution in [3.05, 3.63) is 47.3 Å². The molecule has 1 amide bonds. The number of carbonyl (C=O) groups excluding carboxylic acids is 1. The molecule has 3 rings (SSSR count). The van der Waals surface area contributed by atoms with Crippen LogP contribution in [0.4, 0.5) is 5.69 Å². The van der Waals surface area contributed by atoms with Gasteiger partial charge in [-0.2, -0.15) is 10.4 Å². The summed E-state index contributed by atoms with van der Waals surface area (Å²) in [4.78, 5) is 12.8. The van der Waals surface area contributed by atoms with Gasteiger partial charge < -0.3 is 5.32 Å². The van der Waals surface area contributed by atoms with Crippen molar-refractivity contribution in [3.63, 3.8) is 0 Å². The first-order valence-corrected chi connectivity index (χ1v) is 10.7. The Morgan fingerprint density at radius 3 is 2.63 bits per heavy atom. The lowest BCUT2D eigenvalue weighted by Gasteiger charge is -2.07. The summed E-state index contributed by atoms with van der Waals surface area (Å²) in [5, 5.41) is 16.1. The van der Waals surface area contributed by atoms with E-state index < -0.39 is 9.84 Å². The van der Waals surface area contributed by atoms with Gasteiger partial charge in [0.1, 0.15) is 0 Å². The molecule has 1 N–H and O–H groups in total. The number of rotatable bonds is 5. The zero-order valence-electron chi connectivity index (χ0n) is 15.3. The molecule has 1 aliphatic rings. The van der Waals surface area contributed by atoms with Crippen LogP contribution < -0.4 is 5.32 Å². The van der Waals surface area contributed by atoms with Gasteiger partial charge >= 0.3 is 0 Å². The standard InChI is InChI=1S/C19H22N4O3S/c1-13(2)18-17(11-23(22-18)16-8-10-27(25,26)12-16)19(24)21-15-5-3-14(4-6-15)7-9-20/h3-6,11,13,16H,7-8,10,12H2,1-2H3,(H,21,24). The predicted molar refractivity (Wildman–Crippen MR) is 102 cm³/mol. The molecule has 0 radical (unpaired) electrons. The van der Waals surface area contributed by atoms with Gasteiger partial charge in [-0.05, 0) is 30.0 Å². The molecule has 1 fully saturated rings. The number of nitrogens with one attached hydrogen (secondary N) is 1. The highest BCUT2D eigenvalue weighted by Crippen LogP contribution is 2.27. The maximum absolute atomic E-state index is 12.8. The minimum absolute atomic E-state index is 0.0306. The first kappa shape index (κ1) is 19.1. The highest BCUT2D eigenvalue weighted by Gasteiger charge is 2.31. The van der Waals surface area contributed by atoms with Gasteiger partial charge in [-0.25, -0.2) is 8.42 Å². The van der Waals surface area contributed by atoms with Crippen LogP contribution in [0.5, 0.6) is 0 Å². The van der Waals surface area contributed by atoms with Crippen molar-refractivity contribution in [1.82, 2.24) is 9.78 Å². The Balaban J connectivity index is 1.82.